The lowest BCUT2D eigenvalue weighted by atomic mass is 9.57. The van der Waals surface area contributed by atoms with Crippen LogP contribution < -0.4 is 4.90 Å². The molecule has 6 nitrogen and oxygen atoms in total. The number of fused-ring (bicyclic) bond motifs is 3. The summed E-state index contributed by atoms with van der Waals surface area (Å²) in [5, 5.41) is 9.63. The van der Waals surface area contributed by atoms with Crippen LogP contribution in [0.1, 0.15) is 26.3 Å². The number of hydrogen-bond acceptors (Lipinski definition) is 5. The molecule has 6 heteroatoms. The van der Waals surface area contributed by atoms with E-state index in [0.717, 1.165) is 5.56 Å². The number of methoxy groups -OCH3 is 1. The number of nitrogens with zero attached hydrogens (tertiary/aromatic N) is 2. The molecule has 1 aromatic rings. The van der Waals surface area contributed by atoms with Crippen LogP contribution in [0, 0.1) is 22.7 Å². The smallest absolute Gasteiger partial charge is 0.417 e. The van der Waals surface area contributed by atoms with Crippen molar-refractivity contribution < 1.29 is 19.1 Å². The summed E-state index contributed by atoms with van der Waals surface area (Å²) in [6, 6.07) is 9.36. The zero-order chi connectivity index (χ0) is 17.0. The Morgan fingerprint density at radius 3 is 2.61 bits per heavy atom. The van der Waals surface area contributed by atoms with Crippen LogP contribution in [0.5, 0.6) is 0 Å². The quantitative estimate of drug-likeness (QED) is 0.688. The highest BCUT2D eigenvalue weighted by molar-refractivity contribution is 5.96. The molecule has 0 saturated carbocycles. The number of hydrogen-bond donors (Lipinski definition) is 0. The molecule has 0 spiro atoms. The van der Waals surface area contributed by atoms with Crippen molar-refractivity contribution in [2.24, 2.45) is 11.3 Å². The summed E-state index contributed by atoms with van der Waals surface area (Å²) in [5.41, 5.74) is -0.0560. The lowest BCUT2D eigenvalue weighted by molar-refractivity contribution is -0.142. The van der Waals surface area contributed by atoms with Crippen molar-refractivity contribution >= 4 is 17.7 Å². The van der Waals surface area contributed by atoms with E-state index in [1.165, 1.54) is 12.0 Å². The fourth-order valence-electron chi connectivity index (χ4n) is 3.96. The summed E-state index contributed by atoms with van der Waals surface area (Å²) in [6.45, 7) is 5.84. The summed E-state index contributed by atoms with van der Waals surface area (Å²) in [7, 11) is 1.28. The minimum atomic E-state index is -0.983. The van der Waals surface area contributed by atoms with Crippen molar-refractivity contribution in [1.82, 2.24) is 0 Å². The number of nitriles is 1. The predicted octanol–water partition coefficient (Wildman–Crippen LogP) is 2.58. The summed E-state index contributed by atoms with van der Waals surface area (Å²) in [6.07, 6.45) is -1.50. The van der Waals surface area contributed by atoms with E-state index >= 15 is 0 Å². The van der Waals surface area contributed by atoms with Crippen LogP contribution in [-0.4, -0.2) is 25.4 Å². The van der Waals surface area contributed by atoms with E-state index in [1.807, 2.05) is 32.9 Å². The number of ether oxygens (including phenoxy) is 2. The van der Waals surface area contributed by atoms with Crippen molar-refractivity contribution in [2.45, 2.75) is 32.4 Å². The largest absolute Gasteiger partial charge is 0.452 e. The molecule has 2 heterocycles. The van der Waals surface area contributed by atoms with Gasteiger partial charge in [0.25, 0.3) is 0 Å². The third-order valence-electron chi connectivity index (χ3n) is 4.89. The molecule has 0 unspecified atom stereocenters. The maximum absolute atomic E-state index is 12.3. The van der Waals surface area contributed by atoms with Crippen molar-refractivity contribution in [2.75, 3.05) is 12.0 Å². The normalized spacial score (nSPS) is 28.7. The Hall–Kier alpha value is -2.55. The maximum atomic E-state index is 12.3. The average Bonchev–Trinajstić information content (AvgIpc) is 2.95. The number of rotatable bonds is 0. The number of carbonyl (C=O) groups is 2. The van der Waals surface area contributed by atoms with Gasteiger partial charge in [-0.1, -0.05) is 39.0 Å². The van der Waals surface area contributed by atoms with Gasteiger partial charge in [-0.3, -0.25) is 4.79 Å². The van der Waals surface area contributed by atoms with Gasteiger partial charge in [-0.2, -0.15) is 5.26 Å². The summed E-state index contributed by atoms with van der Waals surface area (Å²) in [5.74, 6) is -1.58. The van der Waals surface area contributed by atoms with Crippen LogP contribution in [0.25, 0.3) is 0 Å². The Labute approximate surface area is 134 Å². The second-order valence-corrected chi connectivity index (χ2v) is 6.83. The van der Waals surface area contributed by atoms with Crippen molar-refractivity contribution in [3.05, 3.63) is 29.8 Å². The van der Waals surface area contributed by atoms with Crippen molar-refractivity contribution in [3.8, 4) is 6.07 Å². The minimum Gasteiger partial charge on any atom is -0.452 e. The van der Waals surface area contributed by atoms with Gasteiger partial charge < -0.3 is 9.47 Å². The topological polar surface area (TPSA) is 79.6 Å². The number of benzene rings is 1. The zero-order valence-electron chi connectivity index (χ0n) is 13.5. The van der Waals surface area contributed by atoms with E-state index in [9.17, 15) is 14.9 Å². The highest BCUT2D eigenvalue weighted by atomic mass is 16.6. The molecule has 0 N–H and O–H groups in total. The molecule has 1 fully saturated rings. The molecule has 0 radical (unpaired) electrons. The minimum absolute atomic E-state index is 0.497. The van der Waals surface area contributed by atoms with Gasteiger partial charge in [0.1, 0.15) is 0 Å². The third kappa shape index (κ3) is 1.68. The first kappa shape index (κ1) is 15.3. The van der Waals surface area contributed by atoms with Crippen LogP contribution in [-0.2, 0) is 19.7 Å². The fourth-order valence-corrected chi connectivity index (χ4v) is 3.96. The molecule has 3 atom stereocenters. The zero-order valence-corrected chi connectivity index (χ0v) is 13.5. The first-order valence-corrected chi connectivity index (χ1v) is 7.37. The first-order chi connectivity index (χ1) is 10.8. The predicted molar refractivity (Wildman–Crippen MR) is 81.4 cm³/mol. The molecule has 1 amide bonds. The van der Waals surface area contributed by atoms with E-state index in [2.05, 4.69) is 6.07 Å². The number of para-hydroxylation sites is 1. The molecule has 3 rings (SSSR count). The van der Waals surface area contributed by atoms with Gasteiger partial charge in [0, 0.05) is 0 Å². The van der Waals surface area contributed by atoms with Crippen molar-refractivity contribution in [1.29, 1.82) is 5.26 Å². The van der Waals surface area contributed by atoms with Gasteiger partial charge in [-0.25, -0.2) is 9.69 Å². The van der Waals surface area contributed by atoms with Gasteiger partial charge in [0.05, 0.1) is 24.3 Å². The van der Waals surface area contributed by atoms with E-state index in [0.29, 0.717) is 5.69 Å². The molecule has 2 aliphatic heterocycles. The monoisotopic (exact) mass is 314 g/mol. The van der Waals surface area contributed by atoms with Gasteiger partial charge >= 0.3 is 12.1 Å². The molecular formula is C17H18N2O4. The standard InChI is InChI=1S/C17H18N2O4/c1-16(2,3)17-10-7-5-6-8-12(10)19(15(21)22-4)14(17)23-13(20)11(17)9-18/h5-8,11,14H,1-4H3/t11-,14+,17+/m1/s1. The molecule has 0 bridgehead atoms. The van der Waals surface area contributed by atoms with Crippen LogP contribution in [0.2, 0.25) is 0 Å². The van der Waals surface area contributed by atoms with Gasteiger partial charge in [0.15, 0.2) is 12.1 Å². The van der Waals surface area contributed by atoms with E-state index in [4.69, 9.17) is 9.47 Å². The molecule has 1 saturated heterocycles. The maximum Gasteiger partial charge on any atom is 0.417 e. The summed E-state index contributed by atoms with van der Waals surface area (Å²) in [4.78, 5) is 26.0. The fraction of sp³-hybridized carbons (Fsp3) is 0.471. The number of amides is 1. The van der Waals surface area contributed by atoms with Crippen LogP contribution in [0.15, 0.2) is 24.3 Å². The second-order valence-electron chi connectivity index (χ2n) is 6.83. The highest BCUT2D eigenvalue weighted by Crippen LogP contribution is 2.61. The molecule has 120 valence electrons. The SMILES string of the molecule is COC(=O)N1c2ccccc2[C@]2(C(C)(C)C)[C@H](C#N)C(=O)O[C@H]12. The van der Waals surface area contributed by atoms with Crippen LogP contribution in [0.3, 0.4) is 0 Å². The summed E-state index contributed by atoms with van der Waals surface area (Å²) >= 11 is 0. The number of anilines is 1. The Morgan fingerprint density at radius 2 is 2.04 bits per heavy atom. The molecule has 1 aromatic carbocycles. The van der Waals surface area contributed by atoms with E-state index in [1.54, 1.807) is 12.1 Å². The van der Waals surface area contributed by atoms with Gasteiger partial charge in [0.2, 0.25) is 0 Å². The number of carbonyl (C=O) groups excluding carboxylic acids is 2. The lowest BCUT2D eigenvalue weighted by Crippen LogP contribution is -2.54. The Bertz CT molecular complexity index is 731. The molecule has 2 aliphatic rings. The summed E-state index contributed by atoms with van der Waals surface area (Å²) < 4.78 is 10.4. The van der Waals surface area contributed by atoms with E-state index < -0.39 is 35.0 Å². The van der Waals surface area contributed by atoms with Gasteiger partial charge in [-0.05, 0) is 17.0 Å². The first-order valence-electron chi connectivity index (χ1n) is 7.37. The second kappa shape index (κ2) is 4.72. The highest BCUT2D eigenvalue weighted by Gasteiger charge is 2.71. The molecule has 0 aliphatic carbocycles. The average molecular weight is 314 g/mol. The van der Waals surface area contributed by atoms with Crippen LogP contribution in [0.4, 0.5) is 10.5 Å². The number of esters is 1. The van der Waals surface area contributed by atoms with Gasteiger partial charge in [-0.15, -0.1) is 0 Å². The molecule has 23 heavy (non-hydrogen) atoms. The molecule has 0 aromatic heterocycles. The Kier molecular flexibility index (Phi) is 3.15. The molecular weight excluding hydrogens is 296 g/mol. The Morgan fingerprint density at radius 1 is 1.39 bits per heavy atom. The van der Waals surface area contributed by atoms with E-state index in [-0.39, 0.29) is 0 Å². The van der Waals surface area contributed by atoms with Crippen molar-refractivity contribution in [3.63, 3.8) is 0 Å². The lowest BCUT2D eigenvalue weighted by Gasteiger charge is -2.42. The Balaban J connectivity index is 2.36. The van der Waals surface area contributed by atoms with Crippen LogP contribution >= 0.6 is 0 Å². The third-order valence-corrected chi connectivity index (χ3v) is 4.89.